The first-order valence-corrected chi connectivity index (χ1v) is 5.88. The predicted octanol–water partition coefficient (Wildman–Crippen LogP) is 2.58. The molecular formula is C12H11ClN2O4. The molecule has 0 aliphatic carbocycles. The number of ether oxygens (including phenoxy) is 2. The van der Waals surface area contributed by atoms with E-state index in [-0.39, 0.29) is 18.4 Å². The number of nitrogens with zero attached hydrogens (tertiary/aromatic N) is 2. The maximum atomic E-state index is 11.4. The molecule has 6 nitrogen and oxygen atoms in total. The van der Waals surface area contributed by atoms with Gasteiger partial charge in [0.05, 0.1) is 19.3 Å². The standard InChI is InChI=1S/C12H11ClN2O4/c1-3-18-12(16)11-15-14-10(19-11)8-5-4-7(13)6-9(8)17-2/h4-6H,3H2,1-2H3. The molecule has 1 aromatic heterocycles. The van der Waals surface area contributed by atoms with Gasteiger partial charge in [0.2, 0.25) is 0 Å². The molecule has 7 heteroatoms. The predicted molar refractivity (Wildman–Crippen MR) is 67.3 cm³/mol. The summed E-state index contributed by atoms with van der Waals surface area (Å²) >= 11 is 5.86. The Balaban J connectivity index is 2.35. The Hall–Kier alpha value is -2.08. The van der Waals surface area contributed by atoms with E-state index in [0.717, 1.165) is 0 Å². The highest BCUT2D eigenvalue weighted by molar-refractivity contribution is 6.30. The van der Waals surface area contributed by atoms with Crippen LogP contribution in [-0.4, -0.2) is 29.9 Å². The Bertz CT molecular complexity index is 597. The normalized spacial score (nSPS) is 10.3. The molecule has 0 amide bonds. The maximum Gasteiger partial charge on any atom is 0.396 e. The molecule has 0 unspecified atom stereocenters. The van der Waals surface area contributed by atoms with Crippen molar-refractivity contribution in [3.8, 4) is 17.2 Å². The zero-order valence-electron chi connectivity index (χ0n) is 10.3. The lowest BCUT2D eigenvalue weighted by atomic mass is 10.2. The lowest BCUT2D eigenvalue weighted by Crippen LogP contribution is -2.04. The van der Waals surface area contributed by atoms with Crippen LogP contribution in [-0.2, 0) is 4.74 Å². The van der Waals surface area contributed by atoms with Gasteiger partial charge in [-0.25, -0.2) is 4.79 Å². The molecule has 0 atom stereocenters. The van der Waals surface area contributed by atoms with Gasteiger partial charge in [-0.15, -0.1) is 10.2 Å². The van der Waals surface area contributed by atoms with Gasteiger partial charge in [0.15, 0.2) is 0 Å². The van der Waals surface area contributed by atoms with Crippen molar-refractivity contribution in [2.24, 2.45) is 0 Å². The minimum atomic E-state index is -0.658. The highest BCUT2D eigenvalue weighted by atomic mass is 35.5. The van der Waals surface area contributed by atoms with Crippen molar-refractivity contribution < 1.29 is 18.7 Å². The average molecular weight is 283 g/mol. The van der Waals surface area contributed by atoms with Gasteiger partial charge in [0, 0.05) is 5.02 Å². The van der Waals surface area contributed by atoms with Gasteiger partial charge in [-0.05, 0) is 25.1 Å². The van der Waals surface area contributed by atoms with Crippen LogP contribution in [0.15, 0.2) is 22.6 Å². The van der Waals surface area contributed by atoms with E-state index in [0.29, 0.717) is 16.3 Å². The summed E-state index contributed by atoms with van der Waals surface area (Å²) in [4.78, 5) is 11.4. The summed E-state index contributed by atoms with van der Waals surface area (Å²) in [6.07, 6.45) is 0. The van der Waals surface area contributed by atoms with Crippen molar-refractivity contribution in [2.45, 2.75) is 6.92 Å². The molecule has 0 bridgehead atoms. The Morgan fingerprint density at radius 1 is 1.42 bits per heavy atom. The first-order chi connectivity index (χ1) is 9.15. The molecule has 2 aromatic rings. The number of carbonyl (C=O) groups is 1. The fourth-order valence-electron chi connectivity index (χ4n) is 1.45. The van der Waals surface area contributed by atoms with Gasteiger partial charge in [-0.1, -0.05) is 11.6 Å². The van der Waals surface area contributed by atoms with Gasteiger partial charge in [-0.2, -0.15) is 0 Å². The summed E-state index contributed by atoms with van der Waals surface area (Å²) in [6.45, 7) is 1.93. The fourth-order valence-corrected chi connectivity index (χ4v) is 1.61. The summed E-state index contributed by atoms with van der Waals surface area (Å²) in [5.41, 5.74) is 0.551. The lowest BCUT2D eigenvalue weighted by molar-refractivity contribution is 0.0481. The quantitative estimate of drug-likeness (QED) is 0.802. The SMILES string of the molecule is CCOC(=O)c1nnc(-c2ccc(Cl)cc2OC)o1. The molecule has 1 aromatic carbocycles. The van der Waals surface area contributed by atoms with Gasteiger partial charge in [0.25, 0.3) is 5.89 Å². The van der Waals surface area contributed by atoms with E-state index >= 15 is 0 Å². The second kappa shape index (κ2) is 5.71. The summed E-state index contributed by atoms with van der Waals surface area (Å²) in [5, 5.41) is 7.94. The molecule has 19 heavy (non-hydrogen) atoms. The summed E-state index contributed by atoms with van der Waals surface area (Å²) < 4.78 is 15.2. The highest BCUT2D eigenvalue weighted by Gasteiger charge is 2.19. The minimum Gasteiger partial charge on any atom is -0.496 e. The number of carbonyl (C=O) groups excluding carboxylic acids is 1. The first kappa shape index (κ1) is 13.4. The highest BCUT2D eigenvalue weighted by Crippen LogP contribution is 2.31. The van der Waals surface area contributed by atoms with E-state index in [4.69, 9.17) is 25.5 Å². The van der Waals surface area contributed by atoms with Crippen molar-refractivity contribution in [1.82, 2.24) is 10.2 Å². The molecule has 0 saturated carbocycles. The number of hydrogen-bond donors (Lipinski definition) is 0. The molecule has 1 heterocycles. The van der Waals surface area contributed by atoms with Gasteiger partial charge in [0.1, 0.15) is 5.75 Å². The molecule has 100 valence electrons. The third-order valence-corrected chi connectivity index (χ3v) is 2.50. The number of methoxy groups -OCH3 is 1. The Morgan fingerprint density at radius 2 is 2.21 bits per heavy atom. The van der Waals surface area contributed by atoms with E-state index in [1.807, 2.05) is 0 Å². The second-order valence-corrected chi connectivity index (χ2v) is 3.91. The van der Waals surface area contributed by atoms with Crippen molar-refractivity contribution in [2.75, 3.05) is 13.7 Å². The number of benzene rings is 1. The summed E-state index contributed by atoms with van der Waals surface area (Å²) in [5.74, 6) is -0.217. The van der Waals surface area contributed by atoms with Gasteiger partial charge < -0.3 is 13.9 Å². The van der Waals surface area contributed by atoms with E-state index in [9.17, 15) is 4.79 Å². The van der Waals surface area contributed by atoms with Crippen LogP contribution < -0.4 is 4.74 Å². The molecule has 0 N–H and O–H groups in total. The van der Waals surface area contributed by atoms with Crippen molar-refractivity contribution in [1.29, 1.82) is 0 Å². The largest absolute Gasteiger partial charge is 0.496 e. The van der Waals surface area contributed by atoms with Crippen molar-refractivity contribution in [3.05, 3.63) is 29.1 Å². The fraction of sp³-hybridized carbons (Fsp3) is 0.250. The number of hydrogen-bond acceptors (Lipinski definition) is 6. The average Bonchev–Trinajstić information content (AvgIpc) is 2.88. The second-order valence-electron chi connectivity index (χ2n) is 3.48. The molecule has 0 fully saturated rings. The Morgan fingerprint density at radius 3 is 2.89 bits per heavy atom. The summed E-state index contributed by atoms with van der Waals surface area (Å²) in [6, 6.07) is 4.95. The van der Waals surface area contributed by atoms with Crippen LogP contribution >= 0.6 is 11.6 Å². The first-order valence-electron chi connectivity index (χ1n) is 5.50. The molecule has 0 radical (unpaired) electrons. The van der Waals surface area contributed by atoms with Crippen LogP contribution in [0.1, 0.15) is 17.6 Å². The maximum absolute atomic E-state index is 11.4. The van der Waals surface area contributed by atoms with Crippen LogP contribution in [0.2, 0.25) is 5.02 Å². The van der Waals surface area contributed by atoms with Crippen LogP contribution in [0.5, 0.6) is 5.75 Å². The molecule has 0 aliphatic rings. The Kier molecular flexibility index (Phi) is 4.01. The molecule has 0 aliphatic heterocycles. The molecule has 2 rings (SSSR count). The van der Waals surface area contributed by atoms with Gasteiger partial charge >= 0.3 is 11.9 Å². The van der Waals surface area contributed by atoms with E-state index in [1.54, 1.807) is 25.1 Å². The van der Waals surface area contributed by atoms with Crippen LogP contribution in [0.4, 0.5) is 0 Å². The Labute approximate surface area is 114 Å². The number of aromatic nitrogens is 2. The van der Waals surface area contributed by atoms with Crippen LogP contribution in [0, 0.1) is 0 Å². The van der Waals surface area contributed by atoms with E-state index < -0.39 is 5.97 Å². The number of esters is 1. The number of rotatable bonds is 4. The smallest absolute Gasteiger partial charge is 0.396 e. The third-order valence-electron chi connectivity index (χ3n) is 2.27. The van der Waals surface area contributed by atoms with E-state index in [2.05, 4.69) is 10.2 Å². The van der Waals surface area contributed by atoms with Crippen molar-refractivity contribution >= 4 is 17.6 Å². The van der Waals surface area contributed by atoms with Crippen LogP contribution in [0.25, 0.3) is 11.5 Å². The summed E-state index contributed by atoms with van der Waals surface area (Å²) in [7, 11) is 1.50. The third kappa shape index (κ3) is 2.85. The molecule has 0 saturated heterocycles. The molecule has 0 spiro atoms. The minimum absolute atomic E-state index is 0.163. The molecular weight excluding hydrogens is 272 g/mol. The van der Waals surface area contributed by atoms with Crippen LogP contribution in [0.3, 0.4) is 0 Å². The van der Waals surface area contributed by atoms with Gasteiger partial charge in [-0.3, -0.25) is 0 Å². The zero-order chi connectivity index (χ0) is 13.8. The number of halogens is 1. The van der Waals surface area contributed by atoms with Crippen molar-refractivity contribution in [3.63, 3.8) is 0 Å². The monoisotopic (exact) mass is 282 g/mol. The zero-order valence-corrected chi connectivity index (χ0v) is 11.1. The lowest BCUT2D eigenvalue weighted by Gasteiger charge is -2.04. The topological polar surface area (TPSA) is 74.5 Å². The van der Waals surface area contributed by atoms with E-state index in [1.165, 1.54) is 7.11 Å².